The number of hydrogen-bond donors (Lipinski definition) is 0. The zero-order valence-corrected chi connectivity index (χ0v) is 32.2. The molecule has 3 heterocycles. The third kappa shape index (κ3) is 5.37. The second-order valence-corrected chi connectivity index (χ2v) is 16.4. The van der Waals surface area contributed by atoms with Crippen molar-refractivity contribution in [2.75, 3.05) is 4.90 Å². The van der Waals surface area contributed by atoms with Gasteiger partial charge in [0.1, 0.15) is 22.3 Å². The SMILES string of the molecule is C1=CC2Sc3cc(N(c4ccc(-c5cccc(-c6cccc7c6oc6ccccc67)c5)cc4)c4cccc(-c5cccc6c5oc5ccccc56)c4)ccc3C2C=C1. The predicted molar refractivity (Wildman–Crippen MR) is 243 cm³/mol. The first-order chi connectivity index (χ1) is 28.7. The van der Waals surface area contributed by atoms with Crippen molar-refractivity contribution in [1.29, 1.82) is 0 Å². The Hall–Kier alpha value is -7.01. The van der Waals surface area contributed by atoms with Crippen LogP contribution in [0.15, 0.2) is 214 Å². The third-order valence-electron chi connectivity index (χ3n) is 11.8. The van der Waals surface area contributed by atoms with Crippen LogP contribution in [0.25, 0.3) is 77.3 Å². The van der Waals surface area contributed by atoms with Gasteiger partial charge >= 0.3 is 0 Å². The average Bonchev–Trinajstić information content (AvgIpc) is 3.98. The fourth-order valence-corrected chi connectivity index (χ4v) is 10.4. The lowest BCUT2D eigenvalue weighted by molar-refractivity contribution is 0.669. The number of fused-ring (bicyclic) bond motifs is 9. The van der Waals surface area contributed by atoms with E-state index in [1.165, 1.54) is 10.5 Å². The van der Waals surface area contributed by atoms with Crippen LogP contribution in [0.3, 0.4) is 0 Å². The van der Waals surface area contributed by atoms with Crippen molar-refractivity contribution in [2.24, 2.45) is 0 Å². The van der Waals surface area contributed by atoms with Crippen LogP contribution in [0.2, 0.25) is 0 Å². The Morgan fingerprint density at radius 2 is 0.983 bits per heavy atom. The van der Waals surface area contributed by atoms with Crippen LogP contribution in [0, 0.1) is 0 Å². The summed E-state index contributed by atoms with van der Waals surface area (Å²) in [5, 5.41) is 4.98. The summed E-state index contributed by atoms with van der Waals surface area (Å²) in [6.45, 7) is 0. The number of allylic oxidation sites excluding steroid dienone is 3. The molecule has 10 aromatic rings. The number of benzene rings is 8. The predicted octanol–water partition coefficient (Wildman–Crippen LogP) is 15.6. The summed E-state index contributed by atoms with van der Waals surface area (Å²) in [6, 6.07) is 63.1. The normalized spacial score (nSPS) is 15.7. The van der Waals surface area contributed by atoms with Gasteiger partial charge in [0.15, 0.2) is 0 Å². The Balaban J connectivity index is 0.952. The van der Waals surface area contributed by atoms with E-state index in [2.05, 4.69) is 181 Å². The van der Waals surface area contributed by atoms with E-state index in [1.54, 1.807) is 0 Å². The minimum atomic E-state index is 0.411. The van der Waals surface area contributed by atoms with Crippen molar-refractivity contribution in [3.8, 4) is 33.4 Å². The van der Waals surface area contributed by atoms with Gasteiger partial charge in [-0.2, -0.15) is 0 Å². The molecule has 58 heavy (non-hydrogen) atoms. The Bertz CT molecular complexity index is 3290. The zero-order valence-electron chi connectivity index (χ0n) is 31.4. The largest absolute Gasteiger partial charge is 0.455 e. The number of anilines is 3. The van der Waals surface area contributed by atoms with Crippen molar-refractivity contribution >= 4 is 72.7 Å². The van der Waals surface area contributed by atoms with Crippen LogP contribution in [0.5, 0.6) is 0 Å². The summed E-state index contributed by atoms with van der Waals surface area (Å²) in [5.41, 5.74) is 15.1. The lowest BCUT2D eigenvalue weighted by Gasteiger charge is -2.27. The number of nitrogens with zero attached hydrogens (tertiary/aromatic N) is 1. The molecule has 0 N–H and O–H groups in total. The van der Waals surface area contributed by atoms with E-state index in [0.717, 1.165) is 94.3 Å². The molecular weight excluding hydrogens is 727 g/mol. The molecule has 0 bridgehead atoms. The molecule has 1 aliphatic heterocycles. The smallest absolute Gasteiger partial charge is 0.143 e. The van der Waals surface area contributed by atoms with Crippen LogP contribution >= 0.6 is 11.8 Å². The molecule has 2 aromatic heterocycles. The molecule has 1 aliphatic carbocycles. The minimum Gasteiger partial charge on any atom is -0.455 e. The van der Waals surface area contributed by atoms with Gasteiger partial charge in [0.25, 0.3) is 0 Å². The standard InChI is InChI=1S/C54H35NO2S/c1-4-22-49-43(15-1)47-20-9-18-41(53(47)56-49)36-12-7-11-35(31-36)34-25-27-38(28-26-34)55(40-29-30-46-45-17-3-6-24-51(45)58-52(46)33-40)39-14-8-13-37(32-39)42-19-10-21-48-44-16-2-5-23-50(44)57-54(42)48/h1-33,45,51H. The van der Waals surface area contributed by atoms with Crippen molar-refractivity contribution in [3.63, 3.8) is 0 Å². The highest BCUT2D eigenvalue weighted by molar-refractivity contribution is 8.00. The molecule has 0 radical (unpaired) electrons. The van der Waals surface area contributed by atoms with Crippen LogP contribution in [-0.4, -0.2) is 5.25 Å². The number of hydrogen-bond acceptors (Lipinski definition) is 4. The van der Waals surface area contributed by atoms with E-state index in [-0.39, 0.29) is 0 Å². The molecule has 3 nitrogen and oxygen atoms in total. The van der Waals surface area contributed by atoms with E-state index in [1.807, 2.05) is 36.0 Å². The van der Waals surface area contributed by atoms with Gasteiger partial charge in [-0.15, -0.1) is 11.8 Å². The van der Waals surface area contributed by atoms with Crippen molar-refractivity contribution in [3.05, 3.63) is 206 Å². The number of furan rings is 2. The van der Waals surface area contributed by atoms with Crippen LogP contribution in [0.4, 0.5) is 17.1 Å². The zero-order chi connectivity index (χ0) is 38.2. The molecule has 8 aromatic carbocycles. The minimum absolute atomic E-state index is 0.411. The molecule has 0 saturated heterocycles. The summed E-state index contributed by atoms with van der Waals surface area (Å²) in [5.74, 6) is 0.411. The van der Waals surface area contributed by atoms with Crippen LogP contribution in [0.1, 0.15) is 11.5 Å². The summed E-state index contributed by atoms with van der Waals surface area (Å²) in [7, 11) is 0. The Morgan fingerprint density at radius 3 is 1.71 bits per heavy atom. The Morgan fingerprint density at radius 1 is 0.414 bits per heavy atom. The van der Waals surface area contributed by atoms with Crippen molar-refractivity contribution < 1.29 is 8.83 Å². The second-order valence-electron chi connectivity index (χ2n) is 15.2. The molecule has 2 atom stereocenters. The number of para-hydroxylation sites is 4. The van der Waals surface area contributed by atoms with E-state index >= 15 is 0 Å². The maximum atomic E-state index is 6.50. The van der Waals surface area contributed by atoms with E-state index in [0.29, 0.717) is 11.2 Å². The average molecular weight is 762 g/mol. The van der Waals surface area contributed by atoms with Gasteiger partial charge in [-0.05, 0) is 82.4 Å². The number of rotatable bonds is 6. The monoisotopic (exact) mass is 761 g/mol. The fourth-order valence-electron chi connectivity index (χ4n) is 9.04. The highest BCUT2D eigenvalue weighted by Crippen LogP contribution is 2.50. The summed E-state index contributed by atoms with van der Waals surface area (Å²) < 4.78 is 12.9. The van der Waals surface area contributed by atoms with E-state index in [9.17, 15) is 0 Å². The van der Waals surface area contributed by atoms with Gasteiger partial charge in [-0.25, -0.2) is 0 Å². The first-order valence-corrected chi connectivity index (χ1v) is 20.7. The first kappa shape index (κ1) is 33.2. The van der Waals surface area contributed by atoms with E-state index < -0.39 is 0 Å². The highest BCUT2D eigenvalue weighted by Gasteiger charge is 2.31. The molecule has 2 aliphatic rings. The summed E-state index contributed by atoms with van der Waals surface area (Å²) in [4.78, 5) is 3.73. The first-order valence-electron chi connectivity index (χ1n) is 19.8. The molecule has 2 unspecified atom stereocenters. The molecule has 0 amide bonds. The maximum absolute atomic E-state index is 6.50. The molecule has 0 fully saturated rings. The van der Waals surface area contributed by atoms with Gasteiger partial charge in [0.05, 0.1) is 0 Å². The van der Waals surface area contributed by atoms with Crippen molar-refractivity contribution in [2.45, 2.75) is 16.1 Å². The van der Waals surface area contributed by atoms with Crippen LogP contribution in [-0.2, 0) is 0 Å². The lowest BCUT2D eigenvalue weighted by atomic mass is 9.92. The molecule has 274 valence electrons. The highest BCUT2D eigenvalue weighted by atomic mass is 32.2. The molecule has 0 saturated carbocycles. The van der Waals surface area contributed by atoms with Gasteiger partial charge in [0, 0.05) is 65.8 Å². The maximum Gasteiger partial charge on any atom is 0.143 e. The summed E-state index contributed by atoms with van der Waals surface area (Å²) >= 11 is 1.96. The van der Waals surface area contributed by atoms with Crippen LogP contribution < -0.4 is 4.90 Å². The van der Waals surface area contributed by atoms with Gasteiger partial charge in [-0.1, -0.05) is 146 Å². The van der Waals surface area contributed by atoms with Crippen molar-refractivity contribution in [1.82, 2.24) is 0 Å². The quantitative estimate of drug-likeness (QED) is 0.169. The molecule has 4 heteroatoms. The fraction of sp³-hybridized carbons (Fsp3) is 0.0370. The summed E-state index contributed by atoms with van der Waals surface area (Å²) in [6.07, 6.45) is 9.03. The van der Waals surface area contributed by atoms with Gasteiger partial charge < -0.3 is 13.7 Å². The van der Waals surface area contributed by atoms with E-state index in [4.69, 9.17) is 8.83 Å². The molecule has 0 spiro atoms. The third-order valence-corrected chi connectivity index (χ3v) is 13.1. The second kappa shape index (κ2) is 13.3. The van der Waals surface area contributed by atoms with Gasteiger partial charge in [-0.3, -0.25) is 0 Å². The molecule has 12 rings (SSSR count). The van der Waals surface area contributed by atoms with Gasteiger partial charge in [0.2, 0.25) is 0 Å². The number of thioether (sulfide) groups is 1. The Kier molecular flexibility index (Phi) is 7.60. The lowest BCUT2D eigenvalue weighted by Crippen LogP contribution is -2.10. The topological polar surface area (TPSA) is 29.5 Å². The molecular formula is C54H35NO2S. The Labute approximate surface area is 340 Å².